The Bertz CT molecular complexity index is 1820. The SMILES string of the molecule is CCCCc1ccc([C](c2ccc(CCCC)cc2)=[Hf]([C]2=CC=CC2)[c]2c(C(C)(C)C)ccc3c2Cc2cc(C(C)(C)C)ccc2-3)cc1.Cl.Cl. The van der Waals surface area contributed by atoms with Gasteiger partial charge in [0.1, 0.15) is 0 Å². The smallest absolute Gasteiger partial charge is 0.147 e. The molecule has 0 radical (unpaired) electrons. The van der Waals surface area contributed by atoms with Crippen LogP contribution >= 0.6 is 24.8 Å². The van der Waals surface area contributed by atoms with Crippen LogP contribution in [0.2, 0.25) is 0 Å². The molecule has 0 unspecified atom stereocenters. The van der Waals surface area contributed by atoms with Gasteiger partial charge in [0.2, 0.25) is 0 Å². The Morgan fingerprint density at radius 1 is 0.660 bits per heavy atom. The van der Waals surface area contributed by atoms with E-state index in [2.05, 4.69) is 152 Å². The van der Waals surface area contributed by atoms with E-state index in [1.54, 1.807) is 21.0 Å². The van der Waals surface area contributed by atoms with E-state index in [1.165, 1.54) is 70.2 Å². The maximum absolute atomic E-state index is 3.05. The number of fused-ring (bicyclic) bond motifs is 3. The number of hydrogen-bond donors (Lipinski definition) is 0. The zero-order valence-electron chi connectivity index (χ0n) is 31.7. The molecular weight excluding hydrogens is 814 g/mol. The molecule has 0 saturated heterocycles. The predicted molar refractivity (Wildman–Crippen MR) is 221 cm³/mol. The van der Waals surface area contributed by atoms with E-state index in [0.29, 0.717) is 0 Å². The topological polar surface area (TPSA) is 0 Å². The van der Waals surface area contributed by atoms with E-state index < -0.39 is 21.0 Å². The first-order valence-corrected chi connectivity index (χ1v) is 24.0. The quantitative estimate of drug-likeness (QED) is 0.123. The first-order valence-electron chi connectivity index (χ1n) is 18.6. The Hall–Kier alpha value is -2.32. The van der Waals surface area contributed by atoms with Gasteiger partial charge >= 0.3 is 301 Å². The Morgan fingerprint density at radius 3 is 1.70 bits per heavy atom. The summed E-state index contributed by atoms with van der Waals surface area (Å²) in [6.07, 6.45) is 16.7. The van der Waals surface area contributed by atoms with E-state index in [-0.39, 0.29) is 35.6 Å². The third-order valence-electron chi connectivity index (χ3n) is 10.5. The number of unbranched alkanes of at least 4 members (excludes halogenated alkanes) is 2. The van der Waals surface area contributed by atoms with Crippen molar-refractivity contribution in [3.05, 3.63) is 145 Å². The van der Waals surface area contributed by atoms with Crippen LogP contribution in [0.25, 0.3) is 11.1 Å². The molecule has 0 heterocycles. The molecule has 0 N–H and O–H groups in total. The van der Waals surface area contributed by atoms with E-state index >= 15 is 0 Å². The summed E-state index contributed by atoms with van der Waals surface area (Å²) in [5, 5.41) is 0. The molecule has 6 rings (SSSR count). The van der Waals surface area contributed by atoms with Crippen molar-refractivity contribution < 1.29 is 21.0 Å². The van der Waals surface area contributed by atoms with Crippen LogP contribution < -0.4 is 3.32 Å². The summed E-state index contributed by atoms with van der Waals surface area (Å²) in [5.74, 6) is 0. The van der Waals surface area contributed by atoms with Crippen molar-refractivity contribution in [1.29, 1.82) is 0 Å². The van der Waals surface area contributed by atoms with Crippen LogP contribution in [-0.4, -0.2) is 3.26 Å². The number of allylic oxidation sites excluding steroid dienone is 4. The van der Waals surface area contributed by atoms with E-state index in [1.807, 2.05) is 0 Å². The second-order valence-corrected chi connectivity index (χ2v) is 24.8. The fraction of sp³-hybridized carbons (Fsp3) is 0.383. The van der Waals surface area contributed by atoms with Crippen LogP contribution in [0.5, 0.6) is 0 Å². The minimum absolute atomic E-state index is 0. The fourth-order valence-corrected chi connectivity index (χ4v) is 20.7. The summed E-state index contributed by atoms with van der Waals surface area (Å²) in [5.41, 5.74) is 15.1. The molecule has 0 fully saturated rings. The molecular formula is C47H58Cl2Hf. The first-order chi connectivity index (χ1) is 23.0. The molecule has 0 saturated carbocycles. The Labute approximate surface area is 323 Å². The Balaban J connectivity index is 0.00000281. The van der Waals surface area contributed by atoms with Crippen LogP contribution in [0.4, 0.5) is 0 Å². The van der Waals surface area contributed by atoms with Crippen LogP contribution in [0.15, 0.2) is 100 Å². The Morgan fingerprint density at radius 2 is 1.22 bits per heavy atom. The predicted octanol–water partition coefficient (Wildman–Crippen LogP) is 12.7. The van der Waals surface area contributed by atoms with Crippen molar-refractivity contribution >= 4 is 31.4 Å². The van der Waals surface area contributed by atoms with Gasteiger partial charge in [-0.1, -0.05) is 0 Å². The fourth-order valence-electron chi connectivity index (χ4n) is 7.63. The van der Waals surface area contributed by atoms with Gasteiger partial charge in [0, 0.05) is 0 Å². The van der Waals surface area contributed by atoms with Gasteiger partial charge in [0.25, 0.3) is 0 Å². The minimum Gasteiger partial charge on any atom is -0.147 e. The molecule has 0 aliphatic heterocycles. The van der Waals surface area contributed by atoms with Crippen LogP contribution in [0, 0.1) is 0 Å². The number of benzene rings is 4. The van der Waals surface area contributed by atoms with Crippen LogP contribution in [-0.2, 0) is 51.0 Å². The molecule has 264 valence electrons. The first kappa shape index (κ1) is 40.5. The molecule has 3 heteroatoms. The zero-order valence-corrected chi connectivity index (χ0v) is 36.9. The van der Waals surface area contributed by atoms with Gasteiger partial charge in [-0.25, -0.2) is 0 Å². The van der Waals surface area contributed by atoms with Crippen molar-refractivity contribution in [2.24, 2.45) is 0 Å². The summed E-state index contributed by atoms with van der Waals surface area (Å²) in [6, 6.07) is 31.9. The molecule has 0 spiro atoms. The second kappa shape index (κ2) is 17.0. The van der Waals surface area contributed by atoms with Crippen molar-refractivity contribution in [2.45, 2.75) is 118 Å². The normalized spacial score (nSPS) is 13.2. The number of rotatable bonds is 10. The zero-order chi connectivity index (χ0) is 34.1. The maximum Gasteiger partial charge on any atom is -0.147 e. The summed E-state index contributed by atoms with van der Waals surface area (Å²) in [6.45, 7) is 18.9. The van der Waals surface area contributed by atoms with Crippen molar-refractivity contribution in [2.75, 3.05) is 0 Å². The largest absolute Gasteiger partial charge is 0.147 e. The number of hydrogen-bond acceptors (Lipinski definition) is 0. The van der Waals surface area contributed by atoms with Gasteiger partial charge in [0.15, 0.2) is 0 Å². The van der Waals surface area contributed by atoms with E-state index in [9.17, 15) is 0 Å². The minimum atomic E-state index is -3.05. The standard InChI is InChI=1S/C21H25.C21H26.C5H5.2ClH.Hf/c1-20(2,3)16-7-9-18-14(12-16)11-15-13-17(21(4,5)6)8-10-19(15)18;1-3-5-7-18-9-13-20(14-10-18)17-21-15-11-19(12-16-21)8-6-4-2;1-2-4-5-3-1;;;/h7-10,12H,11H2,1-6H3;9-16H,3-8H2,1-2H3;1-3H,4H2;2*1H;. The maximum atomic E-state index is 2.52. The molecule has 0 atom stereocenters. The van der Waals surface area contributed by atoms with Gasteiger partial charge in [-0.05, 0) is 0 Å². The monoisotopic (exact) mass is 872 g/mol. The molecule has 0 nitrogen and oxygen atoms in total. The van der Waals surface area contributed by atoms with E-state index in [4.69, 9.17) is 0 Å². The molecule has 4 aromatic rings. The summed E-state index contributed by atoms with van der Waals surface area (Å²) in [4.78, 5) is 0. The van der Waals surface area contributed by atoms with Crippen molar-refractivity contribution in [3.8, 4) is 11.1 Å². The summed E-state index contributed by atoms with van der Waals surface area (Å²) >= 11 is -3.05. The number of halogens is 2. The van der Waals surface area contributed by atoms with Crippen molar-refractivity contribution in [3.63, 3.8) is 0 Å². The van der Waals surface area contributed by atoms with Gasteiger partial charge in [-0.15, -0.1) is 24.8 Å². The van der Waals surface area contributed by atoms with Gasteiger partial charge in [0.05, 0.1) is 0 Å². The molecule has 2 aliphatic carbocycles. The molecule has 0 amide bonds. The molecule has 0 aromatic heterocycles. The molecule has 2 aliphatic rings. The van der Waals surface area contributed by atoms with Gasteiger partial charge < -0.3 is 0 Å². The van der Waals surface area contributed by atoms with Gasteiger partial charge in [-0.3, -0.25) is 0 Å². The average Bonchev–Trinajstić information content (AvgIpc) is 3.73. The van der Waals surface area contributed by atoms with Gasteiger partial charge in [-0.2, -0.15) is 0 Å². The summed E-state index contributed by atoms with van der Waals surface area (Å²) < 4.78 is 5.11. The number of aryl methyl sites for hydroxylation is 2. The third kappa shape index (κ3) is 8.65. The summed E-state index contributed by atoms with van der Waals surface area (Å²) in [7, 11) is 0. The third-order valence-corrected chi connectivity index (χ3v) is 21.8. The average molecular weight is 872 g/mol. The molecule has 4 aromatic carbocycles. The van der Waals surface area contributed by atoms with E-state index in [0.717, 1.165) is 25.7 Å². The second-order valence-electron chi connectivity index (χ2n) is 16.2. The molecule has 50 heavy (non-hydrogen) atoms. The van der Waals surface area contributed by atoms with Crippen molar-refractivity contribution in [1.82, 2.24) is 0 Å². The molecule has 0 bridgehead atoms. The Kier molecular flexibility index (Phi) is 13.8. The van der Waals surface area contributed by atoms with Crippen LogP contribution in [0.3, 0.4) is 0 Å². The van der Waals surface area contributed by atoms with Crippen LogP contribution in [0.1, 0.15) is 132 Å².